The molecule has 3 aromatic rings. The van der Waals surface area contributed by atoms with Crippen LogP contribution in [0.3, 0.4) is 0 Å². The van der Waals surface area contributed by atoms with Crippen molar-refractivity contribution in [3.63, 3.8) is 0 Å². The van der Waals surface area contributed by atoms with Gasteiger partial charge in [-0.3, -0.25) is 4.98 Å². The molecule has 7 heteroatoms. The molecule has 1 fully saturated rings. The fourth-order valence-electron chi connectivity index (χ4n) is 3.52. The van der Waals surface area contributed by atoms with E-state index in [0.717, 1.165) is 22.8 Å². The first-order valence-corrected chi connectivity index (χ1v) is 9.29. The maximum absolute atomic E-state index is 9.57. The van der Waals surface area contributed by atoms with E-state index in [-0.39, 0.29) is 18.7 Å². The summed E-state index contributed by atoms with van der Waals surface area (Å²) in [5, 5.41) is 13.6. The maximum atomic E-state index is 9.57. The molecular formula is C20H21N5OS. The Hall–Kier alpha value is -2.77. The first-order chi connectivity index (χ1) is 13.2. The van der Waals surface area contributed by atoms with Gasteiger partial charge in [0.15, 0.2) is 5.11 Å². The van der Waals surface area contributed by atoms with Gasteiger partial charge in [-0.25, -0.2) is 4.98 Å². The summed E-state index contributed by atoms with van der Waals surface area (Å²) < 4.78 is 2.07. The van der Waals surface area contributed by atoms with Crippen LogP contribution in [-0.4, -0.2) is 42.8 Å². The van der Waals surface area contributed by atoms with E-state index in [9.17, 15) is 5.11 Å². The van der Waals surface area contributed by atoms with Crippen molar-refractivity contribution >= 4 is 17.3 Å². The number of aliphatic hydroxyl groups excluding tert-OH is 1. The van der Waals surface area contributed by atoms with Crippen molar-refractivity contribution in [3.05, 3.63) is 78.0 Å². The zero-order chi connectivity index (χ0) is 18.8. The Balaban J connectivity index is 1.80. The van der Waals surface area contributed by atoms with Crippen LogP contribution >= 0.6 is 12.2 Å². The molecule has 2 atom stereocenters. The summed E-state index contributed by atoms with van der Waals surface area (Å²) in [4.78, 5) is 11.1. The molecule has 0 bridgehead atoms. The SMILES string of the molecule is Cc1ccc(-n2cccc2[C@@H]2[C@@H](c3ccccn3)NC(=S)N2CCO)nc1. The third-order valence-electron chi connectivity index (χ3n) is 4.76. The van der Waals surface area contributed by atoms with Gasteiger partial charge in [-0.2, -0.15) is 0 Å². The molecule has 0 spiro atoms. The standard InChI is InChI=1S/C20H21N5OS/c1-14-7-8-17(22-13-14)24-10-4-6-16(24)19-18(15-5-2-3-9-21-15)23-20(27)25(19)11-12-26/h2-10,13,18-19,26H,11-12H2,1H3,(H,23,27)/t18-,19-/m1/s1. The predicted octanol–water partition coefficient (Wildman–Crippen LogP) is 2.54. The van der Waals surface area contributed by atoms with Crippen LogP contribution in [0.1, 0.15) is 29.0 Å². The molecule has 27 heavy (non-hydrogen) atoms. The molecule has 1 aliphatic rings. The van der Waals surface area contributed by atoms with Gasteiger partial charge in [0, 0.05) is 30.8 Å². The molecule has 0 radical (unpaired) electrons. The summed E-state index contributed by atoms with van der Waals surface area (Å²) in [6, 6.07) is 13.8. The second kappa shape index (κ2) is 7.46. The van der Waals surface area contributed by atoms with Gasteiger partial charge in [0.2, 0.25) is 0 Å². The molecule has 6 nitrogen and oxygen atoms in total. The highest BCUT2D eigenvalue weighted by Crippen LogP contribution is 2.39. The van der Waals surface area contributed by atoms with E-state index in [4.69, 9.17) is 12.2 Å². The third kappa shape index (κ3) is 3.31. The van der Waals surface area contributed by atoms with Crippen molar-refractivity contribution in [2.75, 3.05) is 13.2 Å². The van der Waals surface area contributed by atoms with Gasteiger partial charge in [0.05, 0.1) is 24.4 Å². The van der Waals surface area contributed by atoms with E-state index in [1.165, 1.54) is 0 Å². The average molecular weight is 379 g/mol. The molecule has 0 aliphatic carbocycles. The first kappa shape index (κ1) is 17.6. The Morgan fingerprint density at radius 3 is 2.74 bits per heavy atom. The molecule has 0 unspecified atom stereocenters. The number of nitrogens with zero attached hydrogens (tertiary/aromatic N) is 4. The van der Waals surface area contributed by atoms with Gasteiger partial charge < -0.3 is 19.9 Å². The van der Waals surface area contributed by atoms with Crippen molar-refractivity contribution in [2.24, 2.45) is 0 Å². The number of β-amino-alcohol motifs (C(OH)–C–C–N with tert-alkyl or cyclic N) is 1. The lowest BCUT2D eigenvalue weighted by Crippen LogP contribution is -2.33. The number of rotatable bonds is 5. The van der Waals surface area contributed by atoms with Crippen LogP contribution in [0, 0.1) is 6.92 Å². The van der Waals surface area contributed by atoms with Gasteiger partial charge in [-0.1, -0.05) is 12.1 Å². The van der Waals surface area contributed by atoms with Crippen LogP contribution in [0.4, 0.5) is 0 Å². The van der Waals surface area contributed by atoms with Gasteiger partial charge in [-0.15, -0.1) is 0 Å². The molecule has 0 aromatic carbocycles. The Morgan fingerprint density at radius 2 is 2.04 bits per heavy atom. The zero-order valence-electron chi connectivity index (χ0n) is 15.0. The summed E-state index contributed by atoms with van der Waals surface area (Å²) in [7, 11) is 0. The van der Waals surface area contributed by atoms with E-state index in [0.29, 0.717) is 11.7 Å². The molecule has 1 saturated heterocycles. The van der Waals surface area contributed by atoms with Crippen molar-refractivity contribution in [1.29, 1.82) is 0 Å². The highest BCUT2D eigenvalue weighted by Gasteiger charge is 2.40. The van der Waals surface area contributed by atoms with Crippen LogP contribution in [-0.2, 0) is 0 Å². The van der Waals surface area contributed by atoms with Crippen LogP contribution in [0.2, 0.25) is 0 Å². The molecule has 0 saturated carbocycles. The Bertz CT molecular complexity index is 925. The lowest BCUT2D eigenvalue weighted by atomic mass is 10.0. The molecular weight excluding hydrogens is 358 g/mol. The number of aliphatic hydroxyl groups is 1. The summed E-state index contributed by atoms with van der Waals surface area (Å²) in [5.74, 6) is 0.849. The fraction of sp³-hybridized carbons (Fsp3) is 0.250. The van der Waals surface area contributed by atoms with E-state index in [2.05, 4.69) is 25.9 Å². The van der Waals surface area contributed by atoms with Crippen molar-refractivity contribution < 1.29 is 5.11 Å². The molecule has 138 valence electrons. The Morgan fingerprint density at radius 1 is 1.15 bits per heavy atom. The molecule has 2 N–H and O–H groups in total. The number of aromatic nitrogens is 3. The minimum absolute atomic E-state index is 0.0246. The summed E-state index contributed by atoms with van der Waals surface area (Å²) in [6.07, 6.45) is 5.64. The topological polar surface area (TPSA) is 66.2 Å². The maximum Gasteiger partial charge on any atom is 0.170 e. The Labute approximate surface area is 163 Å². The highest BCUT2D eigenvalue weighted by atomic mass is 32.1. The van der Waals surface area contributed by atoms with E-state index < -0.39 is 0 Å². The molecule has 0 amide bonds. The lowest BCUT2D eigenvalue weighted by molar-refractivity contribution is 0.220. The van der Waals surface area contributed by atoms with E-state index >= 15 is 0 Å². The number of thiocarbonyl (C=S) groups is 1. The van der Waals surface area contributed by atoms with Crippen LogP contribution in [0.5, 0.6) is 0 Å². The third-order valence-corrected chi connectivity index (χ3v) is 5.12. The Kier molecular flexibility index (Phi) is 4.87. The molecule has 3 aromatic heterocycles. The quantitative estimate of drug-likeness (QED) is 0.664. The monoisotopic (exact) mass is 379 g/mol. The normalized spacial score (nSPS) is 19.3. The van der Waals surface area contributed by atoms with Gasteiger partial charge in [0.1, 0.15) is 5.82 Å². The fourth-order valence-corrected chi connectivity index (χ4v) is 3.85. The van der Waals surface area contributed by atoms with E-state index in [1.54, 1.807) is 6.20 Å². The number of nitrogens with one attached hydrogen (secondary N) is 1. The van der Waals surface area contributed by atoms with Gasteiger partial charge >= 0.3 is 0 Å². The summed E-state index contributed by atoms with van der Waals surface area (Å²) in [5.41, 5.74) is 3.07. The second-order valence-electron chi connectivity index (χ2n) is 6.54. The minimum atomic E-state index is -0.107. The summed E-state index contributed by atoms with van der Waals surface area (Å²) >= 11 is 5.56. The van der Waals surface area contributed by atoms with E-state index in [1.807, 2.05) is 60.6 Å². The molecule has 4 heterocycles. The second-order valence-corrected chi connectivity index (χ2v) is 6.93. The van der Waals surface area contributed by atoms with Crippen molar-refractivity contribution in [2.45, 2.75) is 19.0 Å². The summed E-state index contributed by atoms with van der Waals surface area (Å²) in [6.45, 7) is 2.50. The number of hydrogen-bond donors (Lipinski definition) is 2. The minimum Gasteiger partial charge on any atom is -0.395 e. The van der Waals surface area contributed by atoms with Crippen molar-refractivity contribution in [1.82, 2.24) is 24.8 Å². The highest BCUT2D eigenvalue weighted by molar-refractivity contribution is 7.80. The van der Waals surface area contributed by atoms with Crippen LogP contribution < -0.4 is 5.32 Å². The molecule has 1 aliphatic heterocycles. The van der Waals surface area contributed by atoms with Gasteiger partial charge in [0.25, 0.3) is 0 Å². The average Bonchev–Trinajstić information content (AvgIpc) is 3.28. The van der Waals surface area contributed by atoms with Crippen LogP contribution in [0.15, 0.2) is 61.1 Å². The van der Waals surface area contributed by atoms with Crippen LogP contribution in [0.25, 0.3) is 5.82 Å². The van der Waals surface area contributed by atoms with Crippen molar-refractivity contribution in [3.8, 4) is 5.82 Å². The number of pyridine rings is 2. The predicted molar refractivity (Wildman–Crippen MR) is 108 cm³/mol. The van der Waals surface area contributed by atoms with Gasteiger partial charge in [-0.05, 0) is 55.0 Å². The first-order valence-electron chi connectivity index (χ1n) is 8.88. The zero-order valence-corrected chi connectivity index (χ0v) is 15.8. The number of aryl methyl sites for hydroxylation is 1. The largest absolute Gasteiger partial charge is 0.395 e. The molecule has 4 rings (SSSR count). The number of hydrogen-bond acceptors (Lipinski definition) is 4. The smallest absolute Gasteiger partial charge is 0.170 e. The lowest BCUT2D eigenvalue weighted by Gasteiger charge is -2.28.